The Balaban J connectivity index is 0.000000140. The molecule has 0 amide bonds. The molecule has 2 N–H and O–H groups in total. The van der Waals surface area contributed by atoms with Gasteiger partial charge in [0, 0.05) is 54.2 Å². The molecule has 0 spiro atoms. The summed E-state index contributed by atoms with van der Waals surface area (Å²) in [7, 11) is 0. The van der Waals surface area contributed by atoms with Gasteiger partial charge in [-0.25, -0.2) is 0 Å². The van der Waals surface area contributed by atoms with Crippen LogP contribution in [-0.2, 0) is 28.0 Å². The minimum absolute atomic E-state index is 0.0575. The molecule has 7 nitrogen and oxygen atoms in total. The van der Waals surface area contributed by atoms with Gasteiger partial charge in [-0.1, -0.05) is 42.5 Å². The van der Waals surface area contributed by atoms with Crippen LogP contribution in [-0.4, -0.2) is 56.3 Å². The number of phenolic OH excluding ortho intramolecular Hbond substituents is 1. The minimum atomic E-state index is -0.824. The highest BCUT2D eigenvalue weighted by Gasteiger charge is 2.56. The molecule has 218 valence electrons. The van der Waals surface area contributed by atoms with Gasteiger partial charge in [0.05, 0.1) is 11.6 Å². The second-order valence-corrected chi connectivity index (χ2v) is 13.0. The number of aromatic nitrogens is 1. The van der Waals surface area contributed by atoms with Crippen molar-refractivity contribution in [2.24, 2.45) is 11.8 Å². The molecule has 2 bridgehead atoms. The van der Waals surface area contributed by atoms with Crippen molar-refractivity contribution in [3.8, 4) is 5.75 Å². The summed E-state index contributed by atoms with van der Waals surface area (Å²) in [4.78, 5) is 38.5. The molecule has 3 aromatic rings. The molecule has 7 heteroatoms. The zero-order valence-electron chi connectivity index (χ0n) is 23.9. The van der Waals surface area contributed by atoms with Crippen LogP contribution in [0.4, 0.5) is 0 Å². The summed E-state index contributed by atoms with van der Waals surface area (Å²) in [6.07, 6.45) is 7.84. The van der Waals surface area contributed by atoms with Crippen molar-refractivity contribution in [3.05, 3.63) is 88.7 Å². The summed E-state index contributed by atoms with van der Waals surface area (Å²) >= 11 is 0. The van der Waals surface area contributed by atoms with Crippen LogP contribution in [0.15, 0.2) is 60.7 Å². The fraction of sp³-hybridized carbons (Fsp3) is 0.457. The van der Waals surface area contributed by atoms with Crippen molar-refractivity contribution in [1.82, 2.24) is 9.47 Å². The Labute approximate surface area is 246 Å². The van der Waals surface area contributed by atoms with Gasteiger partial charge < -0.3 is 14.8 Å². The van der Waals surface area contributed by atoms with Crippen LogP contribution in [0.3, 0.4) is 0 Å². The van der Waals surface area contributed by atoms with Crippen LogP contribution in [0.2, 0.25) is 0 Å². The minimum Gasteiger partial charge on any atom is -0.508 e. The van der Waals surface area contributed by atoms with Gasteiger partial charge >= 0.3 is 5.97 Å². The maximum absolute atomic E-state index is 12.4. The summed E-state index contributed by atoms with van der Waals surface area (Å²) in [5.74, 6) is 0.917. The average molecular weight is 567 g/mol. The van der Waals surface area contributed by atoms with Crippen molar-refractivity contribution in [3.63, 3.8) is 0 Å². The molecule has 2 aliphatic heterocycles. The third-order valence-corrected chi connectivity index (χ3v) is 10.6. The maximum Gasteiger partial charge on any atom is 0.312 e. The zero-order chi connectivity index (χ0) is 29.0. The van der Waals surface area contributed by atoms with Gasteiger partial charge in [-0.05, 0) is 80.7 Å². The lowest BCUT2D eigenvalue weighted by Gasteiger charge is -2.58. The zero-order valence-corrected chi connectivity index (χ0v) is 23.9. The number of phenols is 1. The number of nitrogens with zero attached hydrogens (tertiary/aromatic N) is 2. The van der Waals surface area contributed by atoms with Crippen molar-refractivity contribution in [1.29, 1.82) is 0 Å². The van der Waals surface area contributed by atoms with E-state index in [0.717, 1.165) is 49.4 Å². The number of carboxylic acid groups (broad SMARTS) is 1. The van der Waals surface area contributed by atoms with Crippen molar-refractivity contribution < 1.29 is 24.6 Å². The molecule has 1 aromatic heterocycles. The van der Waals surface area contributed by atoms with E-state index in [1.807, 2.05) is 34.9 Å². The van der Waals surface area contributed by atoms with Crippen LogP contribution in [0.5, 0.6) is 5.75 Å². The number of benzene rings is 2. The Hall–Kier alpha value is -3.71. The Bertz CT molecular complexity index is 1540. The number of rotatable bonds is 5. The summed E-state index contributed by atoms with van der Waals surface area (Å²) in [5, 5.41) is 19.7. The molecule has 0 radical (unpaired) electrons. The number of aliphatic carboxylic acids is 1. The van der Waals surface area contributed by atoms with Crippen molar-refractivity contribution in [2.45, 2.75) is 75.3 Å². The van der Waals surface area contributed by atoms with E-state index in [4.69, 9.17) is 5.11 Å². The van der Waals surface area contributed by atoms with Gasteiger partial charge in [0.15, 0.2) is 0 Å². The van der Waals surface area contributed by atoms with Crippen LogP contribution in [0, 0.1) is 11.8 Å². The Morgan fingerprint density at radius 1 is 0.929 bits per heavy atom. The number of carboxylic acids is 1. The molecule has 2 saturated carbocycles. The first-order valence-corrected chi connectivity index (χ1v) is 15.4. The molecular formula is C35H38N2O5. The van der Waals surface area contributed by atoms with Crippen molar-refractivity contribution >= 4 is 17.5 Å². The second-order valence-electron chi connectivity index (χ2n) is 13.0. The lowest BCUT2D eigenvalue weighted by atomic mass is 9.52. The van der Waals surface area contributed by atoms with Crippen molar-refractivity contribution in [2.75, 3.05) is 13.1 Å². The number of hydrogen-bond donors (Lipinski definition) is 2. The molecule has 5 aliphatic rings. The van der Waals surface area contributed by atoms with E-state index in [1.54, 1.807) is 24.3 Å². The lowest BCUT2D eigenvalue weighted by molar-refractivity contribution is -0.138. The molecule has 3 heterocycles. The highest BCUT2D eigenvalue weighted by atomic mass is 16.4. The first-order chi connectivity index (χ1) is 20.4. The number of aromatic hydroxyl groups is 1. The molecule has 3 aliphatic carbocycles. The van der Waals surface area contributed by atoms with E-state index in [-0.39, 0.29) is 11.2 Å². The molecule has 3 fully saturated rings. The van der Waals surface area contributed by atoms with Gasteiger partial charge in [0.1, 0.15) is 11.5 Å². The van der Waals surface area contributed by atoms with Gasteiger partial charge in [-0.2, -0.15) is 0 Å². The normalized spacial score (nSPS) is 27.7. The Morgan fingerprint density at radius 2 is 1.74 bits per heavy atom. The number of hydrogen-bond acceptors (Lipinski definition) is 5. The van der Waals surface area contributed by atoms with Crippen LogP contribution < -0.4 is 0 Å². The highest BCUT2D eigenvalue weighted by molar-refractivity contribution is 6.08. The monoisotopic (exact) mass is 566 g/mol. The Kier molecular flexibility index (Phi) is 6.81. The summed E-state index contributed by atoms with van der Waals surface area (Å²) in [6.45, 7) is 2.94. The molecule has 42 heavy (non-hydrogen) atoms. The number of ketones is 2. The molecule has 2 aromatic carbocycles. The summed E-state index contributed by atoms with van der Waals surface area (Å²) < 4.78 is 1.83. The number of likely N-dealkylation sites (tertiary alicyclic amines) is 1. The number of fused-ring (bicyclic) bond motifs is 2. The third kappa shape index (κ3) is 4.58. The summed E-state index contributed by atoms with van der Waals surface area (Å²) in [5.41, 5.74) is 4.26. The molecule has 4 atom stereocenters. The predicted molar refractivity (Wildman–Crippen MR) is 158 cm³/mol. The fourth-order valence-electron chi connectivity index (χ4n) is 8.48. The van der Waals surface area contributed by atoms with E-state index in [9.17, 15) is 19.5 Å². The molecular weight excluding hydrogens is 528 g/mol. The number of piperidine rings is 1. The average Bonchev–Trinajstić information content (AvgIpc) is 3.55. The number of carbonyl (C=O) groups is 3. The van der Waals surface area contributed by atoms with Crippen LogP contribution in [0.25, 0.3) is 0 Å². The SMILES string of the molecule is O=C(c1ccccc1)c1ccc2n1CCC2C(=O)O.O=C1CC[C@H]2[C@H]3Cc4cccc(O)c4[C@@]2(CCN3CC2CC2)C1. The van der Waals surface area contributed by atoms with E-state index >= 15 is 0 Å². The van der Waals surface area contributed by atoms with E-state index in [1.165, 1.54) is 24.9 Å². The van der Waals surface area contributed by atoms with Crippen LogP contribution in [0.1, 0.15) is 83.7 Å². The predicted octanol–water partition coefficient (Wildman–Crippen LogP) is 5.33. The fourth-order valence-corrected chi connectivity index (χ4v) is 8.48. The quantitative estimate of drug-likeness (QED) is 0.405. The topological polar surface area (TPSA) is 99.8 Å². The van der Waals surface area contributed by atoms with Crippen LogP contribution >= 0.6 is 0 Å². The molecule has 1 unspecified atom stereocenters. The smallest absolute Gasteiger partial charge is 0.312 e. The summed E-state index contributed by atoms with van der Waals surface area (Å²) in [6, 6.07) is 19.1. The number of Topliss-reactive ketones (excluding diaryl/α,β-unsaturated/α-hetero) is 1. The number of carbonyl (C=O) groups excluding carboxylic acids is 2. The van der Waals surface area contributed by atoms with Gasteiger partial charge in [-0.3, -0.25) is 19.3 Å². The standard InChI is InChI=1S/C20H25NO2.C15H13NO3/c22-15-6-7-16-17-10-14-2-1-3-18(23)19(14)20(16,11-15)8-9-21(17)12-13-4-5-13;17-14(10-4-2-1-3-5-10)13-7-6-12-11(15(18)19)8-9-16(12)13/h1-3,13,16-17,23H,4-12H2;1-7,11H,8-9H2,(H,18,19)/t16-,17+,20-;/m0./s1. The largest absolute Gasteiger partial charge is 0.508 e. The first kappa shape index (κ1) is 27.1. The third-order valence-electron chi connectivity index (χ3n) is 10.6. The maximum atomic E-state index is 12.4. The van der Waals surface area contributed by atoms with Gasteiger partial charge in [0.25, 0.3) is 0 Å². The van der Waals surface area contributed by atoms with E-state index in [0.29, 0.717) is 54.1 Å². The van der Waals surface area contributed by atoms with E-state index < -0.39 is 11.9 Å². The molecule has 1 saturated heterocycles. The van der Waals surface area contributed by atoms with Gasteiger partial charge in [0.2, 0.25) is 5.78 Å². The first-order valence-electron chi connectivity index (χ1n) is 15.4. The second kappa shape index (κ2) is 10.5. The Morgan fingerprint density at radius 3 is 2.50 bits per heavy atom. The van der Waals surface area contributed by atoms with Gasteiger partial charge in [-0.15, -0.1) is 0 Å². The highest BCUT2D eigenvalue weighted by Crippen LogP contribution is 2.57. The lowest BCUT2D eigenvalue weighted by Crippen LogP contribution is -2.62. The molecule has 8 rings (SSSR count). The van der Waals surface area contributed by atoms with E-state index in [2.05, 4.69) is 11.0 Å².